The van der Waals surface area contributed by atoms with E-state index in [-0.39, 0.29) is 12.2 Å². The van der Waals surface area contributed by atoms with Crippen LogP contribution in [0.5, 0.6) is 5.75 Å². The number of allylic oxidation sites excluding steroid dienone is 1. The number of esters is 1. The van der Waals surface area contributed by atoms with Crippen molar-refractivity contribution in [2.45, 2.75) is 0 Å². The van der Waals surface area contributed by atoms with Crippen LogP contribution in [-0.4, -0.2) is 19.7 Å². The zero-order valence-electron chi connectivity index (χ0n) is 9.71. The minimum Gasteiger partial charge on any atom is -0.481 e. The molecule has 0 radical (unpaired) electrons. The summed E-state index contributed by atoms with van der Waals surface area (Å²) in [5.41, 5.74) is 0.517. The Hall–Kier alpha value is -2.79. The first-order valence-corrected chi connectivity index (χ1v) is 5.01. The first-order chi connectivity index (χ1) is 8.71. The Morgan fingerprint density at radius 1 is 1.33 bits per heavy atom. The highest BCUT2D eigenvalue weighted by atomic mass is 16.6. The number of carbonyl (C=O) groups excluding carboxylic acids is 1. The third kappa shape index (κ3) is 3.66. The SMILES string of the molecule is COC(=O)COc1ccccc1C=C(C#N)C#N. The topological polar surface area (TPSA) is 83.1 Å². The van der Waals surface area contributed by atoms with Gasteiger partial charge in [-0.3, -0.25) is 0 Å². The molecule has 1 aromatic carbocycles. The molecule has 90 valence electrons. The summed E-state index contributed by atoms with van der Waals surface area (Å²) in [6, 6.07) is 10.3. The molecule has 0 amide bonds. The van der Waals surface area contributed by atoms with Gasteiger partial charge in [0, 0.05) is 5.56 Å². The standard InChI is InChI=1S/C13H10N2O3/c1-17-13(16)9-18-12-5-3-2-4-11(12)6-10(7-14)8-15/h2-6H,9H2,1H3. The second-order valence-corrected chi connectivity index (χ2v) is 3.18. The lowest BCUT2D eigenvalue weighted by Crippen LogP contribution is -2.12. The molecule has 0 fully saturated rings. The molecule has 0 spiro atoms. The van der Waals surface area contributed by atoms with Crippen LogP contribution < -0.4 is 4.74 Å². The first-order valence-electron chi connectivity index (χ1n) is 5.01. The van der Waals surface area contributed by atoms with Crippen molar-refractivity contribution in [1.82, 2.24) is 0 Å². The minimum absolute atomic E-state index is 0.0379. The second kappa shape index (κ2) is 6.72. The molecule has 0 unspecified atom stereocenters. The van der Waals surface area contributed by atoms with Gasteiger partial charge in [-0.2, -0.15) is 10.5 Å². The van der Waals surface area contributed by atoms with Gasteiger partial charge in [0.25, 0.3) is 0 Å². The number of benzene rings is 1. The van der Waals surface area contributed by atoms with Crippen LogP contribution in [0.1, 0.15) is 5.56 Å². The molecule has 0 saturated heterocycles. The molecule has 5 nitrogen and oxygen atoms in total. The van der Waals surface area contributed by atoms with E-state index in [9.17, 15) is 4.79 Å². The maximum Gasteiger partial charge on any atom is 0.343 e. The van der Waals surface area contributed by atoms with Gasteiger partial charge in [-0.1, -0.05) is 18.2 Å². The monoisotopic (exact) mass is 242 g/mol. The van der Waals surface area contributed by atoms with E-state index in [0.29, 0.717) is 11.3 Å². The van der Waals surface area contributed by atoms with Gasteiger partial charge in [0.1, 0.15) is 23.5 Å². The van der Waals surface area contributed by atoms with Crippen molar-refractivity contribution in [1.29, 1.82) is 10.5 Å². The number of methoxy groups -OCH3 is 1. The van der Waals surface area contributed by atoms with Crippen LogP contribution in [0.15, 0.2) is 29.8 Å². The average Bonchev–Trinajstić information content (AvgIpc) is 2.43. The number of nitrogens with zero attached hydrogens (tertiary/aromatic N) is 2. The smallest absolute Gasteiger partial charge is 0.343 e. The minimum atomic E-state index is -0.505. The van der Waals surface area contributed by atoms with E-state index in [2.05, 4.69) is 4.74 Å². The molecule has 0 heterocycles. The van der Waals surface area contributed by atoms with E-state index in [1.807, 2.05) is 0 Å². The van der Waals surface area contributed by atoms with Gasteiger partial charge >= 0.3 is 5.97 Å². The number of hydrogen-bond donors (Lipinski definition) is 0. The van der Waals surface area contributed by atoms with Crippen LogP contribution in [0.25, 0.3) is 6.08 Å². The molecule has 0 aliphatic rings. The van der Waals surface area contributed by atoms with Crippen LogP contribution in [0, 0.1) is 22.7 Å². The van der Waals surface area contributed by atoms with E-state index in [1.54, 1.807) is 36.4 Å². The third-order valence-electron chi connectivity index (χ3n) is 2.03. The van der Waals surface area contributed by atoms with E-state index in [4.69, 9.17) is 15.3 Å². The first kappa shape index (κ1) is 13.3. The van der Waals surface area contributed by atoms with Crippen LogP contribution in [0.3, 0.4) is 0 Å². The number of nitriles is 2. The van der Waals surface area contributed by atoms with Crippen molar-refractivity contribution >= 4 is 12.0 Å². The van der Waals surface area contributed by atoms with Crippen molar-refractivity contribution < 1.29 is 14.3 Å². The van der Waals surface area contributed by atoms with Crippen molar-refractivity contribution in [2.24, 2.45) is 0 Å². The summed E-state index contributed by atoms with van der Waals surface area (Å²) >= 11 is 0. The highest BCUT2D eigenvalue weighted by molar-refractivity contribution is 5.71. The summed E-state index contributed by atoms with van der Waals surface area (Å²) < 4.78 is 9.69. The quantitative estimate of drug-likeness (QED) is 0.592. The van der Waals surface area contributed by atoms with Gasteiger partial charge in [-0.25, -0.2) is 4.79 Å². The Morgan fingerprint density at radius 2 is 2.00 bits per heavy atom. The van der Waals surface area contributed by atoms with Crippen LogP contribution in [-0.2, 0) is 9.53 Å². The fraction of sp³-hybridized carbons (Fsp3) is 0.154. The van der Waals surface area contributed by atoms with Gasteiger partial charge in [0.05, 0.1) is 7.11 Å². The highest BCUT2D eigenvalue weighted by Gasteiger charge is 2.05. The molecular weight excluding hydrogens is 232 g/mol. The van der Waals surface area contributed by atoms with E-state index in [0.717, 1.165) is 0 Å². The summed E-state index contributed by atoms with van der Waals surface area (Å²) in [5, 5.41) is 17.4. The Morgan fingerprint density at radius 3 is 2.61 bits per heavy atom. The number of ether oxygens (including phenoxy) is 2. The molecule has 18 heavy (non-hydrogen) atoms. The lowest BCUT2D eigenvalue weighted by Gasteiger charge is -2.07. The molecule has 1 rings (SSSR count). The number of rotatable bonds is 4. The average molecular weight is 242 g/mol. The lowest BCUT2D eigenvalue weighted by molar-refractivity contribution is -0.142. The highest BCUT2D eigenvalue weighted by Crippen LogP contribution is 2.20. The summed E-state index contributed by atoms with van der Waals surface area (Å²) in [6.07, 6.45) is 1.40. The Bertz CT molecular complexity index is 534. The van der Waals surface area contributed by atoms with Crippen LogP contribution in [0.2, 0.25) is 0 Å². The zero-order chi connectivity index (χ0) is 13.4. The molecule has 1 aromatic rings. The summed E-state index contributed by atoms with van der Waals surface area (Å²) in [7, 11) is 1.26. The zero-order valence-corrected chi connectivity index (χ0v) is 9.71. The summed E-state index contributed by atoms with van der Waals surface area (Å²) in [6.45, 7) is -0.226. The largest absolute Gasteiger partial charge is 0.481 e. The number of hydrogen-bond acceptors (Lipinski definition) is 5. The molecule has 5 heteroatoms. The summed E-state index contributed by atoms with van der Waals surface area (Å²) in [5.74, 6) is -0.0968. The van der Waals surface area contributed by atoms with Gasteiger partial charge in [0.2, 0.25) is 0 Å². The van der Waals surface area contributed by atoms with Crippen molar-refractivity contribution in [3.63, 3.8) is 0 Å². The summed E-state index contributed by atoms with van der Waals surface area (Å²) in [4.78, 5) is 11.0. The molecular formula is C13H10N2O3. The van der Waals surface area contributed by atoms with Crippen LogP contribution >= 0.6 is 0 Å². The molecule has 0 N–H and O–H groups in total. The number of carbonyl (C=O) groups is 1. The molecule has 0 aliphatic heterocycles. The van der Waals surface area contributed by atoms with Crippen molar-refractivity contribution in [3.8, 4) is 17.9 Å². The maximum atomic E-state index is 11.0. The van der Waals surface area contributed by atoms with Gasteiger partial charge in [0.15, 0.2) is 6.61 Å². The number of para-hydroxylation sites is 1. The van der Waals surface area contributed by atoms with E-state index >= 15 is 0 Å². The fourth-order valence-corrected chi connectivity index (χ4v) is 1.17. The van der Waals surface area contributed by atoms with Gasteiger partial charge in [-0.05, 0) is 12.1 Å². The van der Waals surface area contributed by atoms with Crippen molar-refractivity contribution in [3.05, 3.63) is 35.4 Å². The van der Waals surface area contributed by atoms with Gasteiger partial charge < -0.3 is 9.47 Å². The Labute approximate surface area is 104 Å². The predicted octanol–water partition coefficient (Wildman–Crippen LogP) is 1.67. The molecule has 0 bridgehead atoms. The normalized spacial score (nSPS) is 8.61. The molecule has 0 aliphatic carbocycles. The van der Waals surface area contributed by atoms with E-state index in [1.165, 1.54) is 13.2 Å². The second-order valence-electron chi connectivity index (χ2n) is 3.18. The molecule has 0 aromatic heterocycles. The van der Waals surface area contributed by atoms with Crippen molar-refractivity contribution in [2.75, 3.05) is 13.7 Å². The van der Waals surface area contributed by atoms with E-state index < -0.39 is 5.97 Å². The Kier molecular flexibility index (Phi) is 4.96. The Balaban J connectivity index is 2.94. The molecule has 0 atom stereocenters. The predicted molar refractivity (Wildman–Crippen MR) is 63.2 cm³/mol. The fourth-order valence-electron chi connectivity index (χ4n) is 1.17. The lowest BCUT2D eigenvalue weighted by atomic mass is 10.1. The maximum absolute atomic E-state index is 11.0. The van der Waals surface area contributed by atoms with Crippen LogP contribution in [0.4, 0.5) is 0 Å². The third-order valence-corrected chi connectivity index (χ3v) is 2.03. The molecule has 0 saturated carbocycles. The van der Waals surface area contributed by atoms with Gasteiger partial charge in [-0.15, -0.1) is 0 Å².